The lowest BCUT2D eigenvalue weighted by Crippen LogP contribution is -2.31. The zero-order valence-electron chi connectivity index (χ0n) is 20.8. The van der Waals surface area contributed by atoms with E-state index in [1.54, 1.807) is 42.5 Å². The number of fused-ring (bicyclic) bond motifs is 2. The van der Waals surface area contributed by atoms with E-state index >= 15 is 0 Å². The van der Waals surface area contributed by atoms with Gasteiger partial charge in [0.1, 0.15) is 19.4 Å². The minimum absolute atomic E-state index is 0.0441. The van der Waals surface area contributed by atoms with Crippen LogP contribution < -0.4 is 4.57 Å². The number of hydrogen-bond donors (Lipinski definition) is 2. The predicted molar refractivity (Wildman–Crippen MR) is 142 cm³/mol. The summed E-state index contributed by atoms with van der Waals surface area (Å²) in [5.74, 6) is -1.54. The van der Waals surface area contributed by atoms with Crippen LogP contribution in [0.4, 0.5) is 0 Å². The number of phenols is 1. The number of esters is 1. The molecule has 0 saturated carbocycles. The normalized spacial score (nSPS) is 11.1. The lowest BCUT2D eigenvalue weighted by molar-refractivity contribution is -0.617. The Hall–Kier alpha value is -4.71. The molecular weight excluding hydrogens is 466 g/mol. The van der Waals surface area contributed by atoms with E-state index in [2.05, 4.69) is 0 Å². The Morgan fingerprint density at radius 3 is 2.22 bits per heavy atom. The molecule has 0 atom stereocenters. The third-order valence-corrected chi connectivity index (χ3v) is 6.87. The molecule has 0 fully saturated rings. The van der Waals surface area contributed by atoms with Gasteiger partial charge in [0.25, 0.3) is 0 Å². The molecule has 0 aliphatic carbocycles. The first kappa shape index (κ1) is 24.0. The van der Waals surface area contributed by atoms with Gasteiger partial charge in [0.05, 0.1) is 27.5 Å². The van der Waals surface area contributed by atoms with Crippen molar-refractivity contribution in [2.75, 3.05) is 0 Å². The number of aromatic hydroxyl groups is 1. The fourth-order valence-corrected chi connectivity index (χ4v) is 4.95. The second-order valence-corrected chi connectivity index (χ2v) is 9.17. The smallest absolute Gasteiger partial charge is 0.338 e. The summed E-state index contributed by atoms with van der Waals surface area (Å²) in [4.78, 5) is 25.0. The van der Waals surface area contributed by atoms with Crippen LogP contribution in [-0.2, 0) is 18.4 Å². The summed E-state index contributed by atoms with van der Waals surface area (Å²) in [6.45, 7) is 4.17. The molecule has 0 saturated heterocycles. The number of para-hydroxylation sites is 1. The summed E-state index contributed by atoms with van der Waals surface area (Å²) < 4.78 is 7.50. The summed E-state index contributed by atoms with van der Waals surface area (Å²) in [5.41, 5.74) is 6.47. The lowest BCUT2D eigenvalue weighted by atomic mass is 9.95. The molecule has 0 bridgehead atoms. The van der Waals surface area contributed by atoms with Crippen LogP contribution in [0.2, 0.25) is 0 Å². The van der Waals surface area contributed by atoms with Crippen LogP contribution in [0, 0.1) is 13.8 Å². The first-order valence-corrected chi connectivity index (χ1v) is 11.9. The maximum Gasteiger partial charge on any atom is 0.338 e. The van der Waals surface area contributed by atoms with Crippen molar-refractivity contribution in [2.24, 2.45) is 7.05 Å². The monoisotopic (exact) mass is 492 g/mol. The van der Waals surface area contributed by atoms with Crippen LogP contribution in [0.5, 0.6) is 5.75 Å². The average molecular weight is 493 g/mol. The van der Waals surface area contributed by atoms with Gasteiger partial charge in [-0.05, 0) is 66.4 Å². The maximum atomic E-state index is 12.7. The van der Waals surface area contributed by atoms with Crippen molar-refractivity contribution in [2.45, 2.75) is 20.5 Å². The topological polar surface area (TPSA) is 87.7 Å². The van der Waals surface area contributed by atoms with Crippen LogP contribution in [0.25, 0.3) is 32.9 Å². The fraction of sp³-hybridized carbons (Fsp3) is 0.129. The standard InChI is InChI=1S/C31H25NO5/c1-18-7-6-8-19(2)26(18)17-37-31(36)21-13-11-20(12-14-21)24-15-22(33)16-25-28(30(34)35)23-9-4-5-10-27(23)32(3)29(24)25/h4-16H,17H2,1-3H3,(H-,33,34,35)/p+1. The quantitative estimate of drug-likeness (QED) is 0.182. The molecule has 0 aliphatic heterocycles. The van der Waals surface area contributed by atoms with Crippen molar-refractivity contribution in [3.8, 4) is 16.9 Å². The molecule has 5 rings (SSSR count). The number of aromatic carboxylic acids is 1. The van der Waals surface area contributed by atoms with Crippen LogP contribution in [-0.4, -0.2) is 22.2 Å². The van der Waals surface area contributed by atoms with Gasteiger partial charge in [-0.2, -0.15) is 4.57 Å². The van der Waals surface area contributed by atoms with Gasteiger partial charge in [-0.15, -0.1) is 0 Å². The molecule has 0 radical (unpaired) electrons. The van der Waals surface area contributed by atoms with E-state index in [9.17, 15) is 19.8 Å². The Morgan fingerprint density at radius 2 is 1.54 bits per heavy atom. The second kappa shape index (κ2) is 9.39. The first-order valence-electron chi connectivity index (χ1n) is 11.9. The molecule has 2 N–H and O–H groups in total. The number of hydrogen-bond acceptors (Lipinski definition) is 4. The number of phenolic OH excluding ortho intramolecular Hbond substituents is 1. The lowest BCUT2D eigenvalue weighted by Gasteiger charge is -2.12. The van der Waals surface area contributed by atoms with E-state index in [-0.39, 0.29) is 17.9 Å². The average Bonchev–Trinajstić information content (AvgIpc) is 2.88. The van der Waals surface area contributed by atoms with Gasteiger partial charge in [-0.3, -0.25) is 0 Å². The Bertz CT molecular complexity index is 1680. The molecule has 0 amide bonds. The molecule has 184 valence electrons. The van der Waals surface area contributed by atoms with Crippen molar-refractivity contribution in [1.82, 2.24) is 0 Å². The minimum Gasteiger partial charge on any atom is -0.508 e. The number of benzene rings is 4. The summed E-state index contributed by atoms with van der Waals surface area (Å²) in [5, 5.41) is 21.6. The third-order valence-electron chi connectivity index (χ3n) is 6.87. The SMILES string of the molecule is Cc1cccc(C)c1COC(=O)c1ccc(-c2cc(O)cc3c(C(=O)O)c4ccccc4[n+](C)c23)cc1. The number of carboxylic acids is 1. The van der Waals surface area contributed by atoms with Gasteiger partial charge in [0.15, 0.2) is 0 Å². The highest BCUT2D eigenvalue weighted by molar-refractivity contribution is 6.14. The molecule has 4 aromatic carbocycles. The van der Waals surface area contributed by atoms with E-state index in [1.165, 1.54) is 6.07 Å². The molecule has 1 heterocycles. The van der Waals surface area contributed by atoms with Crippen molar-refractivity contribution in [3.63, 3.8) is 0 Å². The van der Waals surface area contributed by atoms with Gasteiger partial charge in [-0.1, -0.05) is 42.5 Å². The molecule has 5 aromatic rings. The van der Waals surface area contributed by atoms with Crippen LogP contribution >= 0.6 is 0 Å². The fourth-order valence-electron chi connectivity index (χ4n) is 4.95. The highest BCUT2D eigenvalue weighted by Gasteiger charge is 2.26. The maximum absolute atomic E-state index is 12.7. The van der Waals surface area contributed by atoms with Crippen LogP contribution in [0.1, 0.15) is 37.4 Å². The van der Waals surface area contributed by atoms with Crippen molar-refractivity contribution in [1.29, 1.82) is 0 Å². The number of rotatable bonds is 5. The third kappa shape index (κ3) is 4.27. The Balaban J connectivity index is 1.55. The Morgan fingerprint density at radius 1 is 0.865 bits per heavy atom. The van der Waals surface area contributed by atoms with E-state index < -0.39 is 11.9 Å². The molecule has 6 heteroatoms. The number of ether oxygens (including phenoxy) is 1. The van der Waals surface area contributed by atoms with Gasteiger partial charge in [0, 0.05) is 6.07 Å². The van der Waals surface area contributed by atoms with Crippen molar-refractivity contribution < 1.29 is 29.1 Å². The molecule has 0 spiro atoms. The van der Waals surface area contributed by atoms with Crippen LogP contribution in [0.3, 0.4) is 0 Å². The molecular formula is C31H26NO5+. The summed E-state index contributed by atoms with van der Waals surface area (Å²) in [6, 6.07) is 23.2. The molecule has 37 heavy (non-hydrogen) atoms. The highest BCUT2D eigenvalue weighted by atomic mass is 16.5. The summed E-state index contributed by atoms with van der Waals surface area (Å²) >= 11 is 0. The van der Waals surface area contributed by atoms with Crippen molar-refractivity contribution >= 4 is 33.7 Å². The number of aromatic nitrogens is 1. The molecule has 1 aromatic heterocycles. The molecule has 6 nitrogen and oxygen atoms in total. The van der Waals surface area contributed by atoms with E-state index in [4.69, 9.17) is 4.74 Å². The summed E-state index contributed by atoms with van der Waals surface area (Å²) in [7, 11) is 1.87. The van der Waals surface area contributed by atoms with Crippen molar-refractivity contribution in [3.05, 3.63) is 107 Å². The largest absolute Gasteiger partial charge is 0.508 e. The number of carbonyl (C=O) groups excluding carboxylic acids is 1. The molecule has 0 unspecified atom stereocenters. The predicted octanol–water partition coefficient (Wildman–Crippen LogP) is 5.86. The number of aryl methyl sites for hydroxylation is 3. The highest BCUT2D eigenvalue weighted by Crippen LogP contribution is 2.35. The Labute approximate surface area is 214 Å². The zero-order chi connectivity index (χ0) is 26.3. The van der Waals surface area contributed by atoms with E-state index in [0.29, 0.717) is 27.4 Å². The van der Waals surface area contributed by atoms with Gasteiger partial charge >= 0.3 is 11.9 Å². The van der Waals surface area contributed by atoms with E-state index in [1.807, 2.05) is 55.8 Å². The zero-order valence-corrected chi connectivity index (χ0v) is 20.8. The number of carboxylic acid groups (broad SMARTS) is 1. The van der Waals surface area contributed by atoms with E-state index in [0.717, 1.165) is 27.8 Å². The number of nitrogens with zero attached hydrogens (tertiary/aromatic N) is 1. The van der Waals surface area contributed by atoms with Gasteiger partial charge < -0.3 is 14.9 Å². The minimum atomic E-state index is -1.07. The summed E-state index contributed by atoms with van der Waals surface area (Å²) in [6.07, 6.45) is 0. The molecule has 0 aliphatic rings. The Kier molecular flexibility index (Phi) is 6.09. The van der Waals surface area contributed by atoms with Crippen LogP contribution in [0.15, 0.2) is 78.9 Å². The number of pyridine rings is 1. The second-order valence-electron chi connectivity index (χ2n) is 9.17. The van der Waals surface area contributed by atoms with Gasteiger partial charge in [-0.25, -0.2) is 9.59 Å². The number of carbonyl (C=O) groups is 2. The van der Waals surface area contributed by atoms with Gasteiger partial charge in [0.2, 0.25) is 11.0 Å². The first-order chi connectivity index (χ1) is 17.8.